The molecule has 0 unspecified atom stereocenters. The van der Waals surface area contributed by atoms with Gasteiger partial charge in [0.05, 0.1) is 0 Å². The molecule has 0 aliphatic rings. The second kappa shape index (κ2) is 12.4. The zero-order valence-corrected chi connectivity index (χ0v) is 29.8. The molecule has 7 aromatic carbocycles. The van der Waals surface area contributed by atoms with Crippen molar-refractivity contribution in [2.75, 3.05) is 0 Å². The van der Waals surface area contributed by atoms with Crippen LogP contribution in [0.2, 0.25) is 0 Å². The molecule has 1 nitrogen and oxygen atoms in total. The van der Waals surface area contributed by atoms with Gasteiger partial charge in [0.15, 0.2) is 0 Å². The molecule has 0 amide bonds. The van der Waals surface area contributed by atoms with E-state index in [4.69, 9.17) is 4.42 Å². The lowest BCUT2D eigenvalue weighted by Crippen LogP contribution is -1.92. The van der Waals surface area contributed by atoms with Gasteiger partial charge in [-0.3, -0.25) is 0 Å². The van der Waals surface area contributed by atoms with Crippen molar-refractivity contribution in [3.05, 3.63) is 174 Å². The van der Waals surface area contributed by atoms with Gasteiger partial charge in [-0.05, 0) is 99.5 Å². The molecular formula is C49H36OS. The first-order valence-corrected chi connectivity index (χ1v) is 18.3. The van der Waals surface area contributed by atoms with Gasteiger partial charge in [-0.2, -0.15) is 0 Å². The smallest absolute Gasteiger partial charge is 0.143 e. The Morgan fingerprint density at radius 2 is 1.18 bits per heavy atom. The fraction of sp³-hybridized carbons (Fsp3) is 0.0612. The Morgan fingerprint density at radius 3 is 1.88 bits per heavy atom. The van der Waals surface area contributed by atoms with Crippen LogP contribution in [0.5, 0.6) is 0 Å². The fourth-order valence-corrected chi connectivity index (χ4v) is 9.02. The number of aryl methyl sites for hydroxylation is 1. The third-order valence-corrected chi connectivity index (χ3v) is 11.4. The molecule has 244 valence electrons. The van der Waals surface area contributed by atoms with Crippen molar-refractivity contribution in [1.29, 1.82) is 0 Å². The van der Waals surface area contributed by atoms with Gasteiger partial charge in [0, 0.05) is 36.9 Å². The lowest BCUT2D eigenvalue weighted by Gasteiger charge is -2.17. The number of furan rings is 1. The van der Waals surface area contributed by atoms with Gasteiger partial charge in [-0.25, -0.2) is 0 Å². The highest BCUT2D eigenvalue weighted by atomic mass is 32.1. The normalized spacial score (nSPS) is 12.5. The molecule has 0 spiro atoms. The molecule has 0 saturated carbocycles. The number of rotatable bonds is 6. The first kappa shape index (κ1) is 31.1. The molecule has 0 N–H and O–H groups in total. The summed E-state index contributed by atoms with van der Waals surface area (Å²) in [5.41, 5.74) is 12.8. The van der Waals surface area contributed by atoms with E-state index in [-0.39, 0.29) is 0 Å². The van der Waals surface area contributed by atoms with Crippen molar-refractivity contribution in [3.8, 4) is 22.3 Å². The molecule has 9 aromatic rings. The monoisotopic (exact) mass is 672 g/mol. The van der Waals surface area contributed by atoms with Crippen LogP contribution in [-0.2, 0) is 0 Å². The zero-order chi connectivity index (χ0) is 34.6. The Kier molecular flexibility index (Phi) is 7.56. The summed E-state index contributed by atoms with van der Waals surface area (Å²) in [7, 11) is 0. The van der Waals surface area contributed by atoms with Gasteiger partial charge in [0.25, 0.3) is 0 Å². The molecule has 0 aliphatic heterocycles. The Hall–Kier alpha value is -5.96. The van der Waals surface area contributed by atoms with E-state index in [1.54, 1.807) is 0 Å². The Morgan fingerprint density at radius 1 is 0.569 bits per heavy atom. The minimum Gasteiger partial charge on any atom is -0.455 e. The van der Waals surface area contributed by atoms with E-state index in [9.17, 15) is 0 Å². The van der Waals surface area contributed by atoms with E-state index in [0.717, 1.165) is 33.1 Å². The number of fused-ring (bicyclic) bond motifs is 6. The Labute approximate surface area is 302 Å². The Bertz CT molecular complexity index is 2840. The number of hydrogen-bond acceptors (Lipinski definition) is 2. The maximum atomic E-state index is 6.53. The van der Waals surface area contributed by atoms with Crippen LogP contribution in [0.3, 0.4) is 0 Å². The zero-order valence-electron chi connectivity index (χ0n) is 29.0. The van der Waals surface area contributed by atoms with Gasteiger partial charge in [0.1, 0.15) is 11.2 Å². The maximum Gasteiger partial charge on any atom is 0.143 e. The molecule has 0 aliphatic carbocycles. The fourth-order valence-electron chi connectivity index (χ4n) is 7.91. The number of allylic oxidation sites excluding steroid dienone is 4. The summed E-state index contributed by atoms with van der Waals surface area (Å²) < 4.78 is 7.80. The highest BCUT2D eigenvalue weighted by molar-refractivity contribution is 7.19. The molecule has 2 aromatic heterocycles. The summed E-state index contributed by atoms with van der Waals surface area (Å²) in [5, 5.41) is 8.62. The largest absolute Gasteiger partial charge is 0.455 e. The highest BCUT2D eigenvalue weighted by Crippen LogP contribution is 2.46. The van der Waals surface area contributed by atoms with E-state index in [1.165, 1.54) is 75.5 Å². The number of thiophene rings is 1. The second-order valence-corrected chi connectivity index (χ2v) is 14.6. The van der Waals surface area contributed by atoms with Gasteiger partial charge < -0.3 is 4.42 Å². The molecule has 2 heteroatoms. The molecule has 0 radical (unpaired) electrons. The van der Waals surface area contributed by atoms with E-state index >= 15 is 0 Å². The third-order valence-electron chi connectivity index (χ3n) is 10.3. The van der Waals surface area contributed by atoms with Crippen LogP contribution in [0.25, 0.3) is 93.0 Å². The van der Waals surface area contributed by atoms with Crippen molar-refractivity contribution in [3.63, 3.8) is 0 Å². The summed E-state index contributed by atoms with van der Waals surface area (Å²) in [4.78, 5) is 1.27. The van der Waals surface area contributed by atoms with Crippen molar-refractivity contribution < 1.29 is 4.42 Å². The molecule has 0 bridgehead atoms. The van der Waals surface area contributed by atoms with Gasteiger partial charge in [0.2, 0.25) is 0 Å². The molecule has 0 fully saturated rings. The molecule has 0 atom stereocenters. The predicted molar refractivity (Wildman–Crippen MR) is 224 cm³/mol. The van der Waals surface area contributed by atoms with Gasteiger partial charge in [-0.1, -0.05) is 140 Å². The quantitative estimate of drug-likeness (QED) is 0.127. The molecule has 51 heavy (non-hydrogen) atoms. The van der Waals surface area contributed by atoms with Gasteiger partial charge >= 0.3 is 0 Å². The lowest BCUT2D eigenvalue weighted by molar-refractivity contribution is 0.670. The van der Waals surface area contributed by atoms with Crippen molar-refractivity contribution >= 4 is 82.1 Å². The van der Waals surface area contributed by atoms with Crippen LogP contribution in [0.1, 0.15) is 35.4 Å². The number of benzene rings is 7. The first-order chi connectivity index (χ1) is 25.0. The SMILES string of the molecule is C=Cc1ccc2c(oc3ccccc32)c1-c1c(C)sc2cc(/C(C)=C/C=C(\C)c3c4ccccc4c(-c4ccccc4)c4ccccc34)ccc12. The molecule has 9 rings (SSSR count). The Balaban J connectivity index is 1.15. The predicted octanol–water partition coefficient (Wildman–Crippen LogP) is 14.9. The standard InChI is InChI=1S/C49H36OS/c1-5-33-25-27-41-36-17-13-14-22-43(36)50-49(41)48(33)46-32(4)51-44-29-35(26-28-42(44)46)30(2)23-24-31(3)45-37-18-9-11-20-39(37)47(34-15-7-6-8-16-34)40-21-12-10-19-38(40)45/h5-29H,1H2,2-4H3/b30-23+,31-24+. The molecular weight excluding hydrogens is 637 g/mol. The van der Waals surface area contributed by atoms with Crippen LogP contribution in [-0.4, -0.2) is 0 Å². The average molecular weight is 673 g/mol. The van der Waals surface area contributed by atoms with Crippen molar-refractivity contribution in [2.24, 2.45) is 0 Å². The van der Waals surface area contributed by atoms with Crippen LogP contribution < -0.4 is 0 Å². The van der Waals surface area contributed by atoms with E-state index in [2.05, 4.69) is 161 Å². The van der Waals surface area contributed by atoms with Crippen LogP contribution in [0.15, 0.2) is 157 Å². The molecule has 2 heterocycles. The van der Waals surface area contributed by atoms with Crippen molar-refractivity contribution in [1.82, 2.24) is 0 Å². The van der Waals surface area contributed by atoms with Crippen LogP contribution in [0.4, 0.5) is 0 Å². The summed E-state index contributed by atoms with van der Waals surface area (Å²) in [6.07, 6.45) is 6.51. The van der Waals surface area contributed by atoms with E-state index < -0.39 is 0 Å². The van der Waals surface area contributed by atoms with Crippen LogP contribution >= 0.6 is 11.3 Å². The summed E-state index contributed by atoms with van der Waals surface area (Å²) >= 11 is 1.84. The number of para-hydroxylation sites is 1. The van der Waals surface area contributed by atoms with Crippen LogP contribution in [0, 0.1) is 6.92 Å². The van der Waals surface area contributed by atoms with Gasteiger partial charge in [-0.15, -0.1) is 11.3 Å². The average Bonchev–Trinajstić information content (AvgIpc) is 3.71. The second-order valence-electron chi connectivity index (χ2n) is 13.4. The summed E-state index contributed by atoms with van der Waals surface area (Å²) in [5.74, 6) is 0. The van der Waals surface area contributed by atoms with Crippen molar-refractivity contribution in [2.45, 2.75) is 20.8 Å². The number of hydrogen-bond donors (Lipinski definition) is 0. The molecule has 0 saturated heterocycles. The third kappa shape index (κ3) is 5.06. The summed E-state index contributed by atoms with van der Waals surface area (Å²) in [6.45, 7) is 10.8. The highest BCUT2D eigenvalue weighted by Gasteiger charge is 2.21. The minimum absolute atomic E-state index is 0.909. The lowest BCUT2D eigenvalue weighted by atomic mass is 9.86. The van der Waals surface area contributed by atoms with E-state index in [0.29, 0.717) is 0 Å². The first-order valence-electron chi connectivity index (χ1n) is 17.5. The topological polar surface area (TPSA) is 13.1 Å². The van der Waals surface area contributed by atoms with E-state index in [1.807, 2.05) is 29.5 Å². The minimum atomic E-state index is 0.909. The summed E-state index contributed by atoms with van der Waals surface area (Å²) in [6, 6.07) is 48.0. The maximum absolute atomic E-state index is 6.53.